The van der Waals surface area contributed by atoms with E-state index in [0.29, 0.717) is 11.2 Å². The Hall–Kier alpha value is -2.56. The summed E-state index contributed by atoms with van der Waals surface area (Å²) in [6, 6.07) is 3.37. The van der Waals surface area contributed by atoms with E-state index in [1.54, 1.807) is 19.1 Å². The minimum absolute atomic E-state index is 0.0564. The number of anilines is 1. The molecule has 4 atom stereocenters. The molecule has 0 radical (unpaired) electrons. The number of aliphatic hydroxyl groups excluding tert-OH is 2. The number of nitrogens with zero attached hydrogens (tertiary/aromatic N) is 4. The standard InChI is InChI=1S/C16H21N5O5/c1-3-11(22)25-7-16(6-18-2)14(24)12(23)13(26-16)9-4-5-10-15(17)19-8-20-21(9)10/h4-5,8,12-14,23-24H,2-3,6-7H2,1H3,(H2,17,19,20)/t12-,13-,14-,16+/m0/s1. The number of aromatic nitrogens is 3. The molecule has 0 saturated carbocycles. The number of hydrogen-bond acceptors (Lipinski definition) is 9. The van der Waals surface area contributed by atoms with E-state index in [1.807, 2.05) is 0 Å². The molecular weight excluding hydrogens is 342 g/mol. The largest absolute Gasteiger partial charge is 0.462 e. The van der Waals surface area contributed by atoms with Crippen molar-refractivity contribution in [3.8, 4) is 0 Å². The van der Waals surface area contributed by atoms with Gasteiger partial charge in [0.15, 0.2) is 11.4 Å². The molecule has 1 fully saturated rings. The van der Waals surface area contributed by atoms with Crippen molar-refractivity contribution in [2.45, 2.75) is 37.3 Å². The highest BCUT2D eigenvalue weighted by atomic mass is 16.6. The van der Waals surface area contributed by atoms with E-state index >= 15 is 0 Å². The van der Waals surface area contributed by atoms with Gasteiger partial charge in [0.2, 0.25) is 0 Å². The summed E-state index contributed by atoms with van der Waals surface area (Å²) in [4.78, 5) is 19.2. The van der Waals surface area contributed by atoms with Crippen molar-refractivity contribution in [1.82, 2.24) is 14.6 Å². The summed E-state index contributed by atoms with van der Waals surface area (Å²) in [6.45, 7) is 4.76. The Morgan fingerprint density at radius 1 is 1.54 bits per heavy atom. The molecule has 1 saturated heterocycles. The molecule has 10 nitrogen and oxygen atoms in total. The quantitative estimate of drug-likeness (QED) is 0.460. The van der Waals surface area contributed by atoms with Crippen molar-refractivity contribution in [3.05, 3.63) is 24.2 Å². The maximum Gasteiger partial charge on any atom is 0.305 e. The van der Waals surface area contributed by atoms with E-state index in [4.69, 9.17) is 15.2 Å². The number of nitrogens with two attached hydrogens (primary N) is 1. The van der Waals surface area contributed by atoms with Gasteiger partial charge in [-0.25, -0.2) is 9.50 Å². The Kier molecular flexibility index (Phi) is 4.90. The molecule has 0 bridgehead atoms. The second-order valence-electron chi connectivity index (χ2n) is 6.14. The minimum Gasteiger partial charge on any atom is -0.462 e. The summed E-state index contributed by atoms with van der Waals surface area (Å²) >= 11 is 0. The van der Waals surface area contributed by atoms with Crippen LogP contribution in [0.4, 0.5) is 5.82 Å². The third kappa shape index (κ3) is 2.91. The number of ether oxygens (including phenoxy) is 2. The zero-order valence-electron chi connectivity index (χ0n) is 14.3. The lowest BCUT2D eigenvalue weighted by atomic mass is 9.94. The number of esters is 1. The molecule has 3 rings (SSSR count). The zero-order valence-corrected chi connectivity index (χ0v) is 14.3. The highest BCUT2D eigenvalue weighted by Gasteiger charge is 2.56. The number of carbonyl (C=O) groups excluding carboxylic acids is 1. The number of rotatable bonds is 6. The van der Waals surface area contributed by atoms with E-state index in [1.165, 1.54) is 10.8 Å². The minimum atomic E-state index is -1.40. The van der Waals surface area contributed by atoms with Crippen LogP contribution in [0.3, 0.4) is 0 Å². The third-order valence-electron chi connectivity index (χ3n) is 4.48. The summed E-state index contributed by atoms with van der Waals surface area (Å²) in [5.41, 5.74) is 5.44. The van der Waals surface area contributed by atoms with Crippen LogP contribution < -0.4 is 5.73 Å². The second-order valence-corrected chi connectivity index (χ2v) is 6.14. The number of carbonyl (C=O) groups is 1. The summed E-state index contributed by atoms with van der Waals surface area (Å²) in [5.74, 6) is -0.175. The van der Waals surface area contributed by atoms with Crippen molar-refractivity contribution in [2.75, 3.05) is 18.9 Å². The lowest BCUT2D eigenvalue weighted by Crippen LogP contribution is -2.50. The number of hydrogen-bond donors (Lipinski definition) is 3. The average Bonchev–Trinajstić information content (AvgIpc) is 3.16. The molecule has 0 unspecified atom stereocenters. The maximum atomic E-state index is 11.5. The molecule has 2 aromatic rings. The molecule has 4 N–H and O–H groups in total. The van der Waals surface area contributed by atoms with Gasteiger partial charge in [0.25, 0.3) is 0 Å². The smallest absolute Gasteiger partial charge is 0.305 e. The van der Waals surface area contributed by atoms with Gasteiger partial charge in [-0.3, -0.25) is 9.79 Å². The SMILES string of the molecule is C=NC[C@]1(COC(=O)CC)O[C@@H](c2ccc3c(N)ncnn23)[C@H](O)[C@@H]1O. The van der Waals surface area contributed by atoms with Gasteiger partial charge < -0.3 is 25.4 Å². The fourth-order valence-electron chi connectivity index (χ4n) is 3.08. The van der Waals surface area contributed by atoms with Gasteiger partial charge in [0.1, 0.15) is 36.8 Å². The van der Waals surface area contributed by atoms with E-state index < -0.39 is 29.9 Å². The van der Waals surface area contributed by atoms with Crippen LogP contribution in [0.1, 0.15) is 25.1 Å². The van der Waals surface area contributed by atoms with Crippen LogP contribution >= 0.6 is 0 Å². The number of fused-ring (bicyclic) bond motifs is 1. The van der Waals surface area contributed by atoms with E-state index in [9.17, 15) is 15.0 Å². The predicted octanol–water partition coefficient (Wildman–Crippen LogP) is -0.503. The average molecular weight is 363 g/mol. The lowest BCUT2D eigenvalue weighted by molar-refractivity contribution is -0.160. The van der Waals surface area contributed by atoms with Crippen molar-refractivity contribution in [2.24, 2.45) is 4.99 Å². The number of aliphatic hydroxyl groups is 2. The van der Waals surface area contributed by atoms with E-state index in [-0.39, 0.29) is 25.4 Å². The monoisotopic (exact) mass is 363 g/mol. The van der Waals surface area contributed by atoms with Crippen molar-refractivity contribution >= 4 is 24.0 Å². The summed E-state index contributed by atoms with van der Waals surface area (Å²) in [5, 5.41) is 25.3. The molecule has 3 heterocycles. The fraction of sp³-hybridized carbons (Fsp3) is 0.500. The van der Waals surface area contributed by atoms with Gasteiger partial charge in [-0.1, -0.05) is 6.92 Å². The molecule has 10 heteroatoms. The molecule has 140 valence electrons. The lowest BCUT2D eigenvalue weighted by Gasteiger charge is -2.29. The number of aliphatic imine (C=N–C) groups is 1. The van der Waals surface area contributed by atoms with Crippen LogP contribution in [0.2, 0.25) is 0 Å². The highest BCUT2D eigenvalue weighted by molar-refractivity contribution is 5.69. The van der Waals surface area contributed by atoms with E-state index in [0.717, 1.165) is 0 Å². The van der Waals surface area contributed by atoms with Gasteiger partial charge in [-0.15, -0.1) is 0 Å². The molecule has 0 aromatic carbocycles. The molecule has 2 aromatic heterocycles. The topological polar surface area (TPSA) is 145 Å². The molecule has 0 aliphatic carbocycles. The molecule has 1 aliphatic heterocycles. The molecule has 1 aliphatic rings. The Morgan fingerprint density at radius 2 is 2.31 bits per heavy atom. The first-order valence-electron chi connectivity index (χ1n) is 8.13. The first-order chi connectivity index (χ1) is 12.4. The van der Waals surface area contributed by atoms with Crippen LogP contribution in [-0.2, 0) is 14.3 Å². The Bertz CT molecular complexity index is 824. The zero-order chi connectivity index (χ0) is 18.9. The molecular formula is C16H21N5O5. The van der Waals surface area contributed by atoms with Crippen LogP contribution in [0.5, 0.6) is 0 Å². The van der Waals surface area contributed by atoms with Crippen LogP contribution in [0.15, 0.2) is 23.5 Å². The van der Waals surface area contributed by atoms with Crippen LogP contribution in [-0.4, -0.2) is 68.5 Å². The summed E-state index contributed by atoms with van der Waals surface area (Å²) < 4.78 is 12.6. The molecule has 0 spiro atoms. The van der Waals surface area contributed by atoms with Crippen molar-refractivity contribution < 1.29 is 24.5 Å². The van der Waals surface area contributed by atoms with Gasteiger partial charge in [-0.05, 0) is 18.9 Å². The van der Waals surface area contributed by atoms with Crippen molar-refractivity contribution in [3.63, 3.8) is 0 Å². The van der Waals surface area contributed by atoms with E-state index in [2.05, 4.69) is 21.8 Å². The Morgan fingerprint density at radius 3 is 3.00 bits per heavy atom. The van der Waals surface area contributed by atoms with Crippen LogP contribution in [0, 0.1) is 0 Å². The van der Waals surface area contributed by atoms with Crippen molar-refractivity contribution in [1.29, 1.82) is 0 Å². The highest BCUT2D eigenvalue weighted by Crippen LogP contribution is 2.41. The van der Waals surface area contributed by atoms with Gasteiger partial charge in [-0.2, -0.15) is 5.10 Å². The predicted molar refractivity (Wildman–Crippen MR) is 91.6 cm³/mol. The fourth-order valence-corrected chi connectivity index (χ4v) is 3.08. The second kappa shape index (κ2) is 6.98. The van der Waals surface area contributed by atoms with Gasteiger partial charge >= 0.3 is 5.97 Å². The number of nitrogen functional groups attached to an aromatic ring is 1. The Labute approximate surface area is 149 Å². The molecule has 26 heavy (non-hydrogen) atoms. The summed E-state index contributed by atoms with van der Waals surface area (Å²) in [6.07, 6.45) is -2.09. The maximum absolute atomic E-state index is 11.5. The molecule has 0 amide bonds. The summed E-state index contributed by atoms with van der Waals surface area (Å²) in [7, 11) is 0. The normalized spacial score (nSPS) is 28.3. The first-order valence-corrected chi connectivity index (χ1v) is 8.13. The Balaban J connectivity index is 1.95. The van der Waals surface area contributed by atoms with Crippen LogP contribution in [0.25, 0.3) is 5.52 Å². The van der Waals surface area contributed by atoms with Gasteiger partial charge in [0.05, 0.1) is 12.2 Å². The third-order valence-corrected chi connectivity index (χ3v) is 4.48. The first kappa shape index (κ1) is 18.2. The van der Waals surface area contributed by atoms with Gasteiger partial charge in [0, 0.05) is 6.42 Å².